The van der Waals surface area contributed by atoms with E-state index in [1.807, 2.05) is 55.5 Å². The molecular weight excluding hydrogens is 294 g/mol. The molecular formula is C17H15N3O3. The second-order valence-corrected chi connectivity index (χ2v) is 5.96. The highest BCUT2D eigenvalue weighted by molar-refractivity contribution is 5.44. The van der Waals surface area contributed by atoms with Crippen molar-refractivity contribution < 1.29 is 9.66 Å². The van der Waals surface area contributed by atoms with E-state index in [4.69, 9.17) is 4.74 Å². The zero-order valence-corrected chi connectivity index (χ0v) is 12.5. The molecule has 0 saturated carbocycles. The SMILES string of the molecule is Cc1ccc([C@@H]2Oc3ccccc3[C@H]3CN=N[C@]32[N+](=O)[O-])cc1. The number of nitrogens with zero attached hydrogens (tertiary/aromatic N) is 3. The van der Waals surface area contributed by atoms with Gasteiger partial charge < -0.3 is 4.74 Å². The van der Waals surface area contributed by atoms with Gasteiger partial charge in [0.1, 0.15) is 11.7 Å². The standard InChI is InChI=1S/C17H15N3O3/c1-11-6-8-12(9-7-11)16-17(20(21)22)14(10-18-19-17)13-4-2-3-5-15(13)23-16/h2-9,14,16H,10H2,1H3/t14-,16+,17+/m1/s1. The summed E-state index contributed by atoms with van der Waals surface area (Å²) in [5.41, 5.74) is 1.04. The van der Waals surface area contributed by atoms with E-state index in [1.165, 1.54) is 0 Å². The predicted molar refractivity (Wildman–Crippen MR) is 83.2 cm³/mol. The van der Waals surface area contributed by atoms with Crippen molar-refractivity contribution in [3.63, 3.8) is 0 Å². The first-order valence-electron chi connectivity index (χ1n) is 7.48. The van der Waals surface area contributed by atoms with Gasteiger partial charge in [0.25, 0.3) is 0 Å². The fourth-order valence-electron chi connectivity index (χ4n) is 3.41. The van der Waals surface area contributed by atoms with Crippen molar-refractivity contribution in [2.24, 2.45) is 10.2 Å². The summed E-state index contributed by atoms with van der Waals surface area (Å²) in [4.78, 5) is 11.7. The van der Waals surface area contributed by atoms with Crippen LogP contribution in [0.15, 0.2) is 58.8 Å². The molecule has 4 rings (SSSR count). The van der Waals surface area contributed by atoms with Gasteiger partial charge in [0.15, 0.2) is 0 Å². The molecule has 6 nitrogen and oxygen atoms in total. The van der Waals surface area contributed by atoms with Crippen LogP contribution in [0.1, 0.15) is 28.7 Å². The average Bonchev–Trinajstić information content (AvgIpc) is 3.01. The molecule has 0 saturated heterocycles. The first-order chi connectivity index (χ1) is 11.1. The van der Waals surface area contributed by atoms with E-state index in [2.05, 4.69) is 10.2 Å². The van der Waals surface area contributed by atoms with Crippen molar-refractivity contribution in [3.8, 4) is 5.75 Å². The molecule has 116 valence electrons. The highest BCUT2D eigenvalue weighted by Crippen LogP contribution is 2.53. The smallest absolute Gasteiger partial charge is 0.378 e. The van der Waals surface area contributed by atoms with Gasteiger partial charge in [0.05, 0.1) is 11.5 Å². The van der Waals surface area contributed by atoms with Gasteiger partial charge in [-0.2, -0.15) is 5.11 Å². The van der Waals surface area contributed by atoms with Crippen molar-refractivity contribution in [1.82, 2.24) is 0 Å². The van der Waals surface area contributed by atoms with Gasteiger partial charge in [0.2, 0.25) is 6.10 Å². The minimum atomic E-state index is -1.59. The number of para-hydroxylation sites is 1. The molecule has 0 fully saturated rings. The van der Waals surface area contributed by atoms with Crippen LogP contribution in [0.5, 0.6) is 5.75 Å². The molecule has 0 N–H and O–H groups in total. The summed E-state index contributed by atoms with van der Waals surface area (Å²) in [6.45, 7) is 2.28. The molecule has 6 heteroatoms. The number of aryl methyl sites for hydroxylation is 1. The zero-order valence-electron chi connectivity index (χ0n) is 12.5. The summed E-state index contributed by atoms with van der Waals surface area (Å²) in [6, 6.07) is 15.0. The Kier molecular flexibility index (Phi) is 2.94. The van der Waals surface area contributed by atoms with Crippen molar-refractivity contribution >= 4 is 0 Å². The largest absolute Gasteiger partial charge is 0.475 e. The zero-order chi connectivity index (χ0) is 16.0. The normalized spacial score (nSPS) is 27.9. The third kappa shape index (κ3) is 1.87. The quantitative estimate of drug-likeness (QED) is 0.627. The molecule has 2 heterocycles. The number of azo groups is 1. The third-order valence-electron chi connectivity index (χ3n) is 4.61. The van der Waals surface area contributed by atoms with Crippen molar-refractivity contribution in [1.29, 1.82) is 0 Å². The fraction of sp³-hybridized carbons (Fsp3) is 0.294. The highest BCUT2D eigenvalue weighted by atomic mass is 16.6. The molecule has 0 amide bonds. The molecule has 0 aromatic heterocycles. The van der Waals surface area contributed by atoms with E-state index in [9.17, 15) is 10.1 Å². The van der Waals surface area contributed by atoms with E-state index in [0.29, 0.717) is 12.3 Å². The van der Waals surface area contributed by atoms with Gasteiger partial charge in [-0.05, 0) is 13.0 Å². The van der Waals surface area contributed by atoms with E-state index in [0.717, 1.165) is 16.7 Å². The van der Waals surface area contributed by atoms with Crippen LogP contribution in [-0.2, 0) is 0 Å². The van der Waals surface area contributed by atoms with E-state index in [-0.39, 0.29) is 4.92 Å². The Morgan fingerprint density at radius 1 is 1.22 bits per heavy atom. The summed E-state index contributed by atoms with van der Waals surface area (Å²) >= 11 is 0. The summed E-state index contributed by atoms with van der Waals surface area (Å²) in [6.07, 6.45) is -0.788. The third-order valence-corrected chi connectivity index (χ3v) is 4.61. The van der Waals surface area contributed by atoms with Crippen LogP contribution in [0.2, 0.25) is 0 Å². The molecule has 2 aliphatic rings. The van der Waals surface area contributed by atoms with Gasteiger partial charge in [-0.1, -0.05) is 48.0 Å². The summed E-state index contributed by atoms with van der Waals surface area (Å²) < 4.78 is 6.04. The highest BCUT2D eigenvalue weighted by Gasteiger charge is 2.65. The van der Waals surface area contributed by atoms with Crippen LogP contribution in [-0.4, -0.2) is 17.1 Å². The molecule has 2 aromatic carbocycles. The monoisotopic (exact) mass is 309 g/mol. The molecule has 23 heavy (non-hydrogen) atoms. The minimum absolute atomic E-state index is 0.309. The summed E-state index contributed by atoms with van der Waals surface area (Å²) in [7, 11) is 0. The second kappa shape index (κ2) is 4.87. The van der Waals surface area contributed by atoms with Gasteiger partial charge in [-0.15, -0.1) is 5.11 Å². The van der Waals surface area contributed by atoms with Crippen LogP contribution in [0, 0.1) is 17.0 Å². The van der Waals surface area contributed by atoms with Crippen molar-refractivity contribution in [3.05, 3.63) is 75.3 Å². The molecule has 0 spiro atoms. The maximum absolute atomic E-state index is 12.0. The average molecular weight is 309 g/mol. The fourth-order valence-corrected chi connectivity index (χ4v) is 3.41. The van der Waals surface area contributed by atoms with Crippen LogP contribution in [0.25, 0.3) is 0 Å². The van der Waals surface area contributed by atoms with E-state index >= 15 is 0 Å². The second-order valence-electron chi connectivity index (χ2n) is 5.96. The minimum Gasteiger partial charge on any atom is -0.475 e. The predicted octanol–water partition coefficient (Wildman–Crippen LogP) is 3.65. The van der Waals surface area contributed by atoms with Crippen LogP contribution in [0.3, 0.4) is 0 Å². The lowest BCUT2D eigenvalue weighted by Crippen LogP contribution is -2.51. The van der Waals surface area contributed by atoms with Gasteiger partial charge >= 0.3 is 5.66 Å². The van der Waals surface area contributed by atoms with Crippen molar-refractivity contribution in [2.45, 2.75) is 24.6 Å². The Morgan fingerprint density at radius 3 is 2.70 bits per heavy atom. The number of benzene rings is 2. The topological polar surface area (TPSA) is 77.1 Å². The molecule has 0 unspecified atom stereocenters. The molecule has 2 aliphatic heterocycles. The number of nitro groups is 1. The molecule has 0 aliphatic carbocycles. The number of rotatable bonds is 2. The molecule has 0 bridgehead atoms. The first kappa shape index (κ1) is 13.9. The van der Waals surface area contributed by atoms with Crippen LogP contribution >= 0.6 is 0 Å². The molecule has 3 atom stereocenters. The maximum atomic E-state index is 12.0. The Bertz CT molecular complexity index is 803. The lowest BCUT2D eigenvalue weighted by Gasteiger charge is -2.37. The summed E-state index contributed by atoms with van der Waals surface area (Å²) in [5, 5.41) is 20.1. The Labute approximate surface area is 133 Å². The number of ether oxygens (including phenoxy) is 1. The summed E-state index contributed by atoms with van der Waals surface area (Å²) in [5.74, 6) is 0.265. The van der Waals surface area contributed by atoms with Gasteiger partial charge in [-0.3, -0.25) is 10.1 Å². The van der Waals surface area contributed by atoms with E-state index in [1.54, 1.807) is 0 Å². The number of hydrogen-bond acceptors (Lipinski definition) is 5. The molecule has 0 radical (unpaired) electrons. The molecule has 2 aromatic rings. The lowest BCUT2D eigenvalue weighted by atomic mass is 9.78. The van der Waals surface area contributed by atoms with Crippen molar-refractivity contribution in [2.75, 3.05) is 6.54 Å². The van der Waals surface area contributed by atoms with E-state index < -0.39 is 17.7 Å². The maximum Gasteiger partial charge on any atom is 0.378 e. The van der Waals surface area contributed by atoms with Crippen LogP contribution in [0.4, 0.5) is 0 Å². The Hall–Kier alpha value is -2.76. The Balaban J connectivity index is 1.92. The Morgan fingerprint density at radius 2 is 1.96 bits per heavy atom. The van der Waals surface area contributed by atoms with Gasteiger partial charge in [0, 0.05) is 11.1 Å². The number of fused-ring (bicyclic) bond motifs is 3. The van der Waals surface area contributed by atoms with Gasteiger partial charge in [-0.25, -0.2) is 0 Å². The number of hydrogen-bond donors (Lipinski definition) is 0. The lowest BCUT2D eigenvalue weighted by molar-refractivity contribution is -0.586. The van der Waals surface area contributed by atoms with Crippen LogP contribution < -0.4 is 4.74 Å². The first-order valence-corrected chi connectivity index (χ1v) is 7.48.